The number of carbonyl (C=O) groups is 2. The highest BCUT2D eigenvalue weighted by atomic mass is 35.5. The Hall–Kier alpha value is -2.32. The van der Waals surface area contributed by atoms with Gasteiger partial charge >= 0.3 is 0 Å². The van der Waals surface area contributed by atoms with Gasteiger partial charge in [-0.1, -0.05) is 47.8 Å². The topological polar surface area (TPSA) is 67.9 Å². The maximum Gasteiger partial charge on any atom is 0.270 e. The molecule has 1 atom stereocenters. The first-order chi connectivity index (χ1) is 15.2. The van der Waals surface area contributed by atoms with Crippen molar-refractivity contribution in [1.82, 2.24) is 5.32 Å². The van der Waals surface area contributed by atoms with E-state index in [1.54, 1.807) is 30.3 Å². The van der Waals surface area contributed by atoms with Crippen LogP contribution in [0.1, 0.15) is 25.8 Å². The molecular weight excluding hydrogens is 495 g/mol. The normalized spacial score (nSPS) is 16.2. The number of nitrogens with one attached hydrogen (secondary N) is 1. The Morgan fingerprint density at radius 3 is 2.56 bits per heavy atom. The maximum atomic E-state index is 13.2. The molecule has 1 aliphatic heterocycles. The highest BCUT2D eigenvalue weighted by Gasteiger charge is 2.35. The molecule has 2 aromatic carbocycles. The minimum Gasteiger partial charge on any atom is -0.493 e. The zero-order valence-corrected chi connectivity index (χ0v) is 20.5. The van der Waals surface area contributed by atoms with E-state index >= 15 is 0 Å². The number of hydrogen-bond donors (Lipinski definition) is 1. The van der Waals surface area contributed by atoms with E-state index in [4.69, 9.17) is 56.5 Å². The molecule has 32 heavy (non-hydrogen) atoms. The molecule has 1 N–H and O–H groups in total. The molecule has 1 fully saturated rings. The third-order valence-electron chi connectivity index (χ3n) is 4.73. The molecular formula is C22H19Cl3N2O4S. The molecule has 1 saturated heterocycles. The summed E-state index contributed by atoms with van der Waals surface area (Å²) >= 11 is 24.0. The molecule has 0 saturated carbocycles. The van der Waals surface area contributed by atoms with Gasteiger partial charge in [0.2, 0.25) is 0 Å². The third kappa shape index (κ3) is 4.86. The van der Waals surface area contributed by atoms with Gasteiger partial charge in [-0.3, -0.25) is 19.8 Å². The molecule has 0 unspecified atom stereocenters. The van der Waals surface area contributed by atoms with Gasteiger partial charge in [-0.2, -0.15) is 0 Å². The van der Waals surface area contributed by atoms with E-state index in [-0.39, 0.29) is 37.5 Å². The summed E-state index contributed by atoms with van der Waals surface area (Å²) in [6.45, 7) is 3.90. The lowest BCUT2D eigenvalue weighted by atomic mass is 10.1. The largest absolute Gasteiger partial charge is 0.493 e. The van der Waals surface area contributed by atoms with Crippen LogP contribution in [0, 0.1) is 0 Å². The Kier molecular flexibility index (Phi) is 7.67. The highest BCUT2D eigenvalue weighted by Crippen LogP contribution is 2.39. The van der Waals surface area contributed by atoms with Crippen molar-refractivity contribution in [2.75, 3.05) is 12.0 Å². The summed E-state index contributed by atoms with van der Waals surface area (Å²) in [4.78, 5) is 26.9. The molecule has 168 valence electrons. The van der Waals surface area contributed by atoms with E-state index in [1.165, 1.54) is 13.2 Å². The lowest BCUT2D eigenvalue weighted by Gasteiger charge is -2.29. The van der Waals surface area contributed by atoms with E-state index in [9.17, 15) is 9.59 Å². The van der Waals surface area contributed by atoms with Crippen LogP contribution in [0.25, 0.3) is 6.08 Å². The minimum absolute atomic E-state index is 0.0756. The first-order valence-corrected chi connectivity index (χ1v) is 11.1. The van der Waals surface area contributed by atoms with Crippen molar-refractivity contribution in [3.63, 3.8) is 0 Å². The molecule has 0 spiro atoms. The fourth-order valence-corrected chi connectivity index (χ4v) is 3.85. The number of rotatable bonds is 6. The maximum absolute atomic E-state index is 13.2. The fraction of sp³-hybridized carbons (Fsp3) is 0.227. The van der Waals surface area contributed by atoms with Crippen LogP contribution < -0.4 is 19.7 Å². The summed E-state index contributed by atoms with van der Waals surface area (Å²) in [5, 5.41) is 3.06. The van der Waals surface area contributed by atoms with Gasteiger partial charge in [0, 0.05) is 0 Å². The third-order valence-corrected chi connectivity index (χ3v) is 6.10. The second-order valence-electron chi connectivity index (χ2n) is 6.90. The number of halogens is 3. The molecule has 2 amide bonds. The van der Waals surface area contributed by atoms with Gasteiger partial charge in [0.15, 0.2) is 16.6 Å². The van der Waals surface area contributed by atoms with Crippen molar-refractivity contribution in [2.24, 2.45) is 0 Å². The SMILES string of the molecule is CC[C@H](C)Oc1c(Cl)cc(/C=C2\C(=O)NC(=S)N(c3cccc(Cl)c3Cl)C2=O)cc1OC. The second-order valence-corrected chi connectivity index (χ2v) is 8.48. The number of hydrogen-bond acceptors (Lipinski definition) is 5. The van der Waals surface area contributed by atoms with E-state index in [2.05, 4.69) is 5.32 Å². The van der Waals surface area contributed by atoms with Crippen molar-refractivity contribution in [1.29, 1.82) is 0 Å². The summed E-state index contributed by atoms with van der Waals surface area (Å²) in [7, 11) is 1.48. The minimum atomic E-state index is -0.655. The number of thiocarbonyl (C=S) groups is 1. The second kappa shape index (κ2) is 10.1. The van der Waals surface area contributed by atoms with E-state index in [1.807, 2.05) is 13.8 Å². The molecule has 0 radical (unpaired) electrons. The van der Waals surface area contributed by atoms with E-state index < -0.39 is 11.8 Å². The predicted molar refractivity (Wildman–Crippen MR) is 131 cm³/mol. The molecule has 6 nitrogen and oxygen atoms in total. The zero-order chi connectivity index (χ0) is 23.6. The summed E-state index contributed by atoms with van der Waals surface area (Å²) in [6.07, 6.45) is 2.10. The van der Waals surface area contributed by atoms with Crippen molar-refractivity contribution in [3.05, 3.63) is 56.5 Å². The number of amides is 2. The first kappa shape index (κ1) is 24.3. The molecule has 1 aliphatic rings. The quantitative estimate of drug-likeness (QED) is 0.306. The molecule has 0 bridgehead atoms. The number of anilines is 1. The van der Waals surface area contributed by atoms with Gasteiger partial charge in [0.25, 0.3) is 11.8 Å². The number of methoxy groups -OCH3 is 1. The van der Waals surface area contributed by atoms with Gasteiger partial charge in [-0.25, -0.2) is 0 Å². The Morgan fingerprint density at radius 1 is 1.19 bits per heavy atom. The van der Waals surface area contributed by atoms with E-state index in [0.29, 0.717) is 17.1 Å². The lowest BCUT2D eigenvalue weighted by molar-refractivity contribution is -0.122. The predicted octanol–water partition coefficient (Wildman–Crippen LogP) is 5.66. The Bertz CT molecular complexity index is 1140. The summed E-state index contributed by atoms with van der Waals surface area (Å²) in [5.74, 6) is -0.542. The zero-order valence-electron chi connectivity index (χ0n) is 17.4. The fourth-order valence-electron chi connectivity index (χ4n) is 2.93. The van der Waals surface area contributed by atoms with Crippen molar-refractivity contribution in [3.8, 4) is 11.5 Å². The van der Waals surface area contributed by atoms with Crippen LogP contribution in [0.5, 0.6) is 11.5 Å². The Labute approximate surface area is 206 Å². The van der Waals surface area contributed by atoms with Crippen LogP contribution in [0.3, 0.4) is 0 Å². The van der Waals surface area contributed by atoms with Crippen LogP contribution in [-0.2, 0) is 9.59 Å². The average molecular weight is 514 g/mol. The van der Waals surface area contributed by atoms with Crippen LogP contribution in [0.4, 0.5) is 5.69 Å². The Balaban J connectivity index is 2.04. The Morgan fingerprint density at radius 2 is 1.91 bits per heavy atom. The average Bonchev–Trinajstić information content (AvgIpc) is 2.75. The van der Waals surface area contributed by atoms with Gasteiger partial charge in [-0.15, -0.1) is 0 Å². The molecule has 2 aromatic rings. The molecule has 1 heterocycles. The van der Waals surface area contributed by atoms with Crippen LogP contribution in [0.2, 0.25) is 15.1 Å². The standard InChI is InChI=1S/C22H19Cl3N2O4S/c1-4-11(2)31-19-15(24)9-12(10-17(19)30-3)8-13-20(28)26-22(32)27(21(13)29)16-7-5-6-14(23)18(16)25/h5-11H,4H2,1-3H3,(H,26,28,32)/b13-8+/t11-/m0/s1. The smallest absolute Gasteiger partial charge is 0.270 e. The van der Waals surface area contributed by atoms with Crippen molar-refractivity contribution < 1.29 is 19.1 Å². The number of ether oxygens (including phenoxy) is 2. The number of carbonyl (C=O) groups excluding carboxylic acids is 2. The summed E-state index contributed by atoms with van der Waals surface area (Å²) in [5.41, 5.74) is 0.558. The van der Waals surface area contributed by atoms with Gasteiger partial charge in [0.05, 0.1) is 34.0 Å². The number of nitrogens with zero attached hydrogens (tertiary/aromatic N) is 1. The van der Waals surface area contributed by atoms with Crippen molar-refractivity contribution in [2.45, 2.75) is 26.4 Å². The van der Waals surface area contributed by atoms with Gasteiger partial charge < -0.3 is 9.47 Å². The van der Waals surface area contributed by atoms with Gasteiger partial charge in [0.1, 0.15) is 5.57 Å². The van der Waals surface area contributed by atoms with E-state index in [0.717, 1.165) is 11.3 Å². The van der Waals surface area contributed by atoms with Crippen LogP contribution in [-0.4, -0.2) is 30.1 Å². The number of benzene rings is 2. The van der Waals surface area contributed by atoms with Gasteiger partial charge in [-0.05, 0) is 61.5 Å². The molecule has 3 rings (SSSR count). The highest BCUT2D eigenvalue weighted by molar-refractivity contribution is 7.80. The lowest BCUT2D eigenvalue weighted by Crippen LogP contribution is -2.54. The summed E-state index contributed by atoms with van der Waals surface area (Å²) < 4.78 is 11.2. The van der Waals surface area contributed by atoms with Crippen LogP contribution in [0.15, 0.2) is 35.9 Å². The monoisotopic (exact) mass is 512 g/mol. The van der Waals surface area contributed by atoms with Crippen LogP contribution >= 0.6 is 47.0 Å². The van der Waals surface area contributed by atoms with Crippen molar-refractivity contribution >= 4 is 75.7 Å². The summed E-state index contributed by atoms with van der Waals surface area (Å²) in [6, 6.07) is 7.99. The molecule has 0 aliphatic carbocycles. The molecule has 10 heteroatoms. The first-order valence-electron chi connectivity index (χ1n) is 9.57. The molecule has 0 aromatic heterocycles.